The van der Waals surface area contributed by atoms with Crippen molar-refractivity contribution in [3.8, 4) is 0 Å². The van der Waals surface area contributed by atoms with E-state index < -0.39 is 11.7 Å². The zero-order valence-electron chi connectivity index (χ0n) is 18.5. The number of amides is 1. The molecule has 0 unspecified atom stereocenters. The van der Waals surface area contributed by atoms with Gasteiger partial charge in [-0.15, -0.1) is 0 Å². The number of hydrogen-bond acceptors (Lipinski definition) is 5. The Morgan fingerprint density at radius 3 is 2.54 bits per heavy atom. The standard InChI is InChI=1S/C24H22Cl2F3N3O3/c25-19-5-4-17(20(26)11-19)13-31(12-16-2-1-3-18(10-16)24(27,28)29)14-22-30-21(15-35-22)23(33)32-6-8-34-9-7-32/h1-5,10-11,15H,6-9,12-14H2. The van der Waals surface area contributed by atoms with Crippen molar-refractivity contribution in [1.29, 1.82) is 0 Å². The summed E-state index contributed by atoms with van der Waals surface area (Å²) in [6.45, 7) is 2.46. The molecule has 4 rings (SSSR count). The molecule has 1 aliphatic heterocycles. The van der Waals surface area contributed by atoms with Gasteiger partial charge >= 0.3 is 6.18 Å². The number of rotatable bonds is 7. The second kappa shape index (κ2) is 11.0. The lowest BCUT2D eigenvalue weighted by Crippen LogP contribution is -2.40. The molecule has 2 aromatic carbocycles. The molecule has 186 valence electrons. The van der Waals surface area contributed by atoms with Gasteiger partial charge in [-0.05, 0) is 29.3 Å². The number of carbonyl (C=O) groups excluding carboxylic acids is 1. The van der Waals surface area contributed by atoms with E-state index in [1.165, 1.54) is 12.3 Å². The molecular weight excluding hydrogens is 506 g/mol. The smallest absolute Gasteiger partial charge is 0.416 e. The molecule has 0 bridgehead atoms. The van der Waals surface area contributed by atoms with Crippen LogP contribution in [-0.4, -0.2) is 47.0 Å². The van der Waals surface area contributed by atoms with Gasteiger partial charge in [-0.25, -0.2) is 4.98 Å². The van der Waals surface area contributed by atoms with Gasteiger partial charge in [0.05, 0.1) is 25.3 Å². The molecule has 1 aliphatic rings. The molecule has 0 radical (unpaired) electrons. The molecule has 35 heavy (non-hydrogen) atoms. The summed E-state index contributed by atoms with van der Waals surface area (Å²) in [5.74, 6) is 0.00662. The summed E-state index contributed by atoms with van der Waals surface area (Å²) in [5.41, 5.74) is 0.639. The molecule has 1 amide bonds. The maximum atomic E-state index is 13.2. The fourth-order valence-electron chi connectivity index (χ4n) is 3.76. The van der Waals surface area contributed by atoms with Gasteiger partial charge in [0.2, 0.25) is 5.89 Å². The van der Waals surface area contributed by atoms with E-state index in [4.69, 9.17) is 32.4 Å². The highest BCUT2D eigenvalue weighted by molar-refractivity contribution is 6.35. The number of morpholine rings is 1. The molecule has 1 fully saturated rings. The lowest BCUT2D eigenvalue weighted by molar-refractivity contribution is -0.137. The summed E-state index contributed by atoms with van der Waals surface area (Å²) in [5, 5.41) is 0.907. The van der Waals surface area contributed by atoms with Crippen LogP contribution in [-0.2, 0) is 30.5 Å². The quantitative estimate of drug-likeness (QED) is 0.396. The van der Waals surface area contributed by atoms with Crippen molar-refractivity contribution in [3.05, 3.63) is 87.0 Å². The first-order chi connectivity index (χ1) is 16.7. The van der Waals surface area contributed by atoms with E-state index in [1.807, 2.05) is 4.90 Å². The Labute approximate surface area is 210 Å². The second-order valence-corrected chi connectivity index (χ2v) is 8.95. The summed E-state index contributed by atoms with van der Waals surface area (Å²) in [7, 11) is 0. The zero-order valence-corrected chi connectivity index (χ0v) is 20.0. The molecule has 0 spiro atoms. The first kappa shape index (κ1) is 25.5. The molecular formula is C24H22Cl2F3N3O3. The second-order valence-electron chi connectivity index (χ2n) is 8.11. The van der Waals surface area contributed by atoms with E-state index in [1.54, 1.807) is 29.2 Å². The Morgan fingerprint density at radius 1 is 1.06 bits per heavy atom. The number of carbonyl (C=O) groups is 1. The number of nitrogens with zero attached hydrogens (tertiary/aromatic N) is 3. The maximum Gasteiger partial charge on any atom is 0.416 e. The van der Waals surface area contributed by atoms with Crippen LogP contribution in [0.4, 0.5) is 13.2 Å². The third-order valence-electron chi connectivity index (χ3n) is 5.50. The zero-order chi connectivity index (χ0) is 25.0. The number of oxazole rings is 1. The molecule has 1 saturated heterocycles. The monoisotopic (exact) mass is 527 g/mol. The topological polar surface area (TPSA) is 58.8 Å². The van der Waals surface area contributed by atoms with E-state index in [9.17, 15) is 18.0 Å². The van der Waals surface area contributed by atoms with Crippen LogP contribution >= 0.6 is 23.2 Å². The van der Waals surface area contributed by atoms with Crippen molar-refractivity contribution in [2.24, 2.45) is 0 Å². The van der Waals surface area contributed by atoms with Gasteiger partial charge in [0.15, 0.2) is 5.69 Å². The van der Waals surface area contributed by atoms with E-state index in [0.29, 0.717) is 48.5 Å². The number of alkyl halides is 3. The van der Waals surface area contributed by atoms with Crippen molar-refractivity contribution in [2.45, 2.75) is 25.8 Å². The van der Waals surface area contributed by atoms with Crippen LogP contribution < -0.4 is 0 Å². The molecule has 0 N–H and O–H groups in total. The fraction of sp³-hybridized carbons (Fsp3) is 0.333. The highest BCUT2D eigenvalue weighted by atomic mass is 35.5. The summed E-state index contributed by atoms with van der Waals surface area (Å²) in [4.78, 5) is 20.5. The molecule has 6 nitrogen and oxygen atoms in total. The van der Waals surface area contributed by atoms with Gasteiger partial charge in [0, 0.05) is 36.2 Å². The summed E-state index contributed by atoms with van der Waals surface area (Å²) >= 11 is 12.3. The SMILES string of the molecule is O=C(c1coc(CN(Cc2cccc(C(F)(F)F)c2)Cc2ccc(Cl)cc2Cl)n1)N1CCOCC1. The van der Waals surface area contributed by atoms with Gasteiger partial charge < -0.3 is 14.1 Å². The van der Waals surface area contributed by atoms with Crippen LogP contribution in [0, 0.1) is 0 Å². The Balaban J connectivity index is 1.55. The van der Waals surface area contributed by atoms with Crippen molar-refractivity contribution in [3.63, 3.8) is 0 Å². The molecule has 3 aromatic rings. The lowest BCUT2D eigenvalue weighted by atomic mass is 10.1. The van der Waals surface area contributed by atoms with Crippen LogP contribution in [0.2, 0.25) is 10.0 Å². The summed E-state index contributed by atoms with van der Waals surface area (Å²) in [6, 6.07) is 10.2. The molecule has 0 saturated carbocycles. The van der Waals surface area contributed by atoms with E-state index in [-0.39, 0.29) is 30.6 Å². The van der Waals surface area contributed by atoms with Gasteiger partial charge in [-0.1, -0.05) is 47.5 Å². The first-order valence-electron chi connectivity index (χ1n) is 10.8. The van der Waals surface area contributed by atoms with E-state index >= 15 is 0 Å². The van der Waals surface area contributed by atoms with Crippen molar-refractivity contribution in [2.75, 3.05) is 26.3 Å². The summed E-state index contributed by atoms with van der Waals surface area (Å²) < 4.78 is 50.4. The number of ether oxygens (including phenoxy) is 1. The molecule has 1 aromatic heterocycles. The maximum absolute atomic E-state index is 13.2. The number of halogens is 5. The third kappa shape index (κ3) is 6.76. The molecule has 11 heteroatoms. The number of benzene rings is 2. The van der Waals surface area contributed by atoms with Crippen molar-refractivity contribution in [1.82, 2.24) is 14.8 Å². The molecule has 2 heterocycles. The Bertz CT molecular complexity index is 1180. The number of hydrogen-bond donors (Lipinski definition) is 0. The number of aromatic nitrogens is 1. The van der Waals surface area contributed by atoms with Crippen LogP contribution in [0.5, 0.6) is 0 Å². The average Bonchev–Trinajstić information content (AvgIpc) is 3.29. The summed E-state index contributed by atoms with van der Waals surface area (Å²) in [6.07, 6.45) is -3.15. The molecule has 0 aliphatic carbocycles. The van der Waals surface area contributed by atoms with E-state index in [0.717, 1.165) is 17.7 Å². The Kier molecular flexibility index (Phi) is 8.01. The average molecular weight is 528 g/mol. The minimum Gasteiger partial charge on any atom is -0.447 e. The molecule has 0 atom stereocenters. The first-order valence-corrected chi connectivity index (χ1v) is 11.6. The third-order valence-corrected chi connectivity index (χ3v) is 6.08. The normalized spacial score (nSPS) is 14.5. The predicted molar refractivity (Wildman–Crippen MR) is 124 cm³/mol. The van der Waals surface area contributed by atoms with Gasteiger partial charge in [-0.2, -0.15) is 13.2 Å². The van der Waals surface area contributed by atoms with Gasteiger partial charge in [-0.3, -0.25) is 9.69 Å². The fourth-order valence-corrected chi connectivity index (χ4v) is 4.23. The van der Waals surface area contributed by atoms with Crippen LogP contribution in [0.1, 0.15) is 33.1 Å². The Morgan fingerprint density at radius 2 is 1.83 bits per heavy atom. The highest BCUT2D eigenvalue weighted by Gasteiger charge is 2.30. The van der Waals surface area contributed by atoms with Crippen molar-refractivity contribution < 1.29 is 27.1 Å². The largest absolute Gasteiger partial charge is 0.447 e. The van der Waals surface area contributed by atoms with Gasteiger partial charge in [0.1, 0.15) is 6.26 Å². The van der Waals surface area contributed by atoms with Crippen molar-refractivity contribution >= 4 is 29.1 Å². The van der Waals surface area contributed by atoms with E-state index in [2.05, 4.69) is 4.98 Å². The predicted octanol–water partition coefficient (Wildman–Crippen LogP) is 5.68. The van der Waals surface area contributed by atoms with Crippen LogP contribution in [0.25, 0.3) is 0 Å². The highest BCUT2D eigenvalue weighted by Crippen LogP contribution is 2.30. The minimum absolute atomic E-state index is 0.144. The minimum atomic E-state index is -4.45. The van der Waals surface area contributed by atoms with Gasteiger partial charge in [0.25, 0.3) is 5.91 Å². The van der Waals surface area contributed by atoms with Crippen LogP contribution in [0.15, 0.2) is 53.1 Å². The lowest BCUT2D eigenvalue weighted by Gasteiger charge is -2.25. The Hall–Kier alpha value is -2.59. The van der Waals surface area contributed by atoms with Crippen LogP contribution in [0.3, 0.4) is 0 Å².